The zero-order valence-electron chi connectivity index (χ0n) is 7.47. The van der Waals surface area contributed by atoms with Crippen LogP contribution in [0.4, 0.5) is 0 Å². The second-order valence-electron chi connectivity index (χ2n) is 3.67. The lowest BCUT2D eigenvalue weighted by Gasteiger charge is -2.17. The van der Waals surface area contributed by atoms with E-state index in [1.54, 1.807) is 0 Å². The van der Waals surface area contributed by atoms with Gasteiger partial charge in [0.05, 0.1) is 0 Å². The van der Waals surface area contributed by atoms with Crippen LogP contribution < -0.4 is 0 Å². The molecule has 0 radical (unpaired) electrons. The number of hydrogen-bond donors (Lipinski definition) is 0. The Kier molecular flexibility index (Phi) is 2.92. The van der Waals surface area contributed by atoms with Crippen molar-refractivity contribution in [3.63, 3.8) is 0 Å². The predicted molar refractivity (Wildman–Crippen MR) is 50.5 cm³/mol. The molecular weight excluding hydrogens is 132 g/mol. The van der Waals surface area contributed by atoms with Gasteiger partial charge in [0.1, 0.15) is 0 Å². The lowest BCUT2D eigenvalue weighted by Crippen LogP contribution is -2.07. The van der Waals surface area contributed by atoms with E-state index in [1.807, 2.05) is 6.08 Å². The van der Waals surface area contributed by atoms with Crippen LogP contribution in [0.5, 0.6) is 0 Å². The molecule has 0 spiro atoms. The molecule has 1 fully saturated rings. The maximum absolute atomic E-state index is 4.04. The van der Waals surface area contributed by atoms with E-state index < -0.39 is 0 Å². The van der Waals surface area contributed by atoms with Crippen molar-refractivity contribution in [1.29, 1.82) is 0 Å². The normalized spacial score (nSPS) is 30.3. The Labute approximate surface area is 70.0 Å². The zero-order chi connectivity index (χ0) is 8.27. The molecule has 1 aliphatic rings. The van der Waals surface area contributed by atoms with Crippen LogP contribution in [0.15, 0.2) is 24.8 Å². The number of hydrogen-bond acceptors (Lipinski definition) is 0. The Hall–Kier alpha value is -0.520. The average molecular weight is 150 g/mol. The molecule has 1 aliphatic carbocycles. The summed E-state index contributed by atoms with van der Waals surface area (Å²) in [7, 11) is 0. The van der Waals surface area contributed by atoms with E-state index >= 15 is 0 Å². The van der Waals surface area contributed by atoms with Crippen LogP contribution >= 0.6 is 0 Å². The molecule has 0 aromatic carbocycles. The molecule has 1 saturated carbocycles. The molecule has 62 valence electrons. The molecule has 0 aromatic heterocycles. The SMILES string of the molecule is C=CCC1CCCC1C(=C)C. The van der Waals surface area contributed by atoms with Crippen molar-refractivity contribution in [3.05, 3.63) is 24.8 Å². The molecule has 0 amide bonds. The molecule has 0 N–H and O–H groups in total. The largest absolute Gasteiger partial charge is 0.103 e. The second-order valence-corrected chi connectivity index (χ2v) is 3.67. The Morgan fingerprint density at radius 1 is 1.55 bits per heavy atom. The molecule has 0 aliphatic heterocycles. The average Bonchev–Trinajstić information content (AvgIpc) is 2.36. The van der Waals surface area contributed by atoms with Gasteiger partial charge >= 0.3 is 0 Å². The maximum atomic E-state index is 4.04. The van der Waals surface area contributed by atoms with Gasteiger partial charge in [-0.2, -0.15) is 0 Å². The summed E-state index contributed by atoms with van der Waals surface area (Å²) in [6.45, 7) is 9.98. The maximum Gasteiger partial charge on any atom is -0.0177 e. The van der Waals surface area contributed by atoms with Crippen molar-refractivity contribution < 1.29 is 0 Å². The van der Waals surface area contributed by atoms with E-state index in [9.17, 15) is 0 Å². The third kappa shape index (κ3) is 1.95. The first-order valence-electron chi connectivity index (χ1n) is 4.52. The summed E-state index contributed by atoms with van der Waals surface area (Å²) in [4.78, 5) is 0. The Balaban J connectivity index is 2.50. The number of allylic oxidation sites excluding steroid dienone is 2. The Bertz CT molecular complexity index is 155. The lowest BCUT2D eigenvalue weighted by molar-refractivity contribution is 0.445. The molecule has 0 heteroatoms. The van der Waals surface area contributed by atoms with Gasteiger partial charge in [-0.1, -0.05) is 24.6 Å². The minimum atomic E-state index is 0.785. The molecule has 2 atom stereocenters. The third-order valence-electron chi connectivity index (χ3n) is 2.76. The van der Waals surface area contributed by atoms with Gasteiger partial charge in [0, 0.05) is 0 Å². The van der Waals surface area contributed by atoms with Crippen molar-refractivity contribution >= 4 is 0 Å². The van der Waals surface area contributed by atoms with Gasteiger partial charge in [0.2, 0.25) is 0 Å². The Morgan fingerprint density at radius 3 is 2.82 bits per heavy atom. The topological polar surface area (TPSA) is 0 Å². The van der Waals surface area contributed by atoms with Crippen LogP contribution in [-0.4, -0.2) is 0 Å². The molecule has 0 heterocycles. The monoisotopic (exact) mass is 150 g/mol. The molecule has 1 rings (SSSR count). The van der Waals surface area contributed by atoms with Gasteiger partial charge in [-0.05, 0) is 38.0 Å². The highest BCUT2D eigenvalue weighted by Gasteiger charge is 2.25. The zero-order valence-corrected chi connectivity index (χ0v) is 7.47. The predicted octanol–water partition coefficient (Wildman–Crippen LogP) is 3.55. The fourth-order valence-corrected chi connectivity index (χ4v) is 2.18. The van der Waals surface area contributed by atoms with Crippen molar-refractivity contribution in [2.45, 2.75) is 32.6 Å². The Morgan fingerprint density at radius 2 is 2.27 bits per heavy atom. The van der Waals surface area contributed by atoms with Gasteiger partial charge in [-0.3, -0.25) is 0 Å². The molecule has 0 bridgehead atoms. The van der Waals surface area contributed by atoms with E-state index in [-0.39, 0.29) is 0 Å². The van der Waals surface area contributed by atoms with Crippen LogP contribution in [-0.2, 0) is 0 Å². The summed E-state index contributed by atoms with van der Waals surface area (Å²) in [5.74, 6) is 1.64. The van der Waals surface area contributed by atoms with Crippen molar-refractivity contribution in [2.75, 3.05) is 0 Å². The van der Waals surface area contributed by atoms with E-state index in [1.165, 1.54) is 31.3 Å². The van der Waals surface area contributed by atoms with Crippen LogP contribution in [0.25, 0.3) is 0 Å². The second kappa shape index (κ2) is 3.75. The van der Waals surface area contributed by atoms with E-state index in [2.05, 4.69) is 20.1 Å². The minimum Gasteiger partial charge on any atom is -0.103 e. The summed E-state index contributed by atoms with van der Waals surface area (Å²) in [5.41, 5.74) is 1.37. The molecule has 2 unspecified atom stereocenters. The first-order chi connectivity index (χ1) is 5.25. The highest BCUT2D eigenvalue weighted by atomic mass is 14.3. The molecule has 0 aromatic rings. The lowest BCUT2D eigenvalue weighted by atomic mass is 9.88. The summed E-state index contributed by atoms with van der Waals surface area (Å²) >= 11 is 0. The van der Waals surface area contributed by atoms with Gasteiger partial charge in [0.15, 0.2) is 0 Å². The van der Waals surface area contributed by atoms with Crippen LogP contribution in [0.2, 0.25) is 0 Å². The minimum absolute atomic E-state index is 0.785. The van der Waals surface area contributed by atoms with Gasteiger partial charge in [-0.25, -0.2) is 0 Å². The standard InChI is InChI=1S/C11H18/c1-4-6-10-7-5-8-11(10)9(2)3/h4,10-11H,1-2,5-8H2,3H3. The highest BCUT2D eigenvalue weighted by molar-refractivity contribution is 5.02. The highest BCUT2D eigenvalue weighted by Crippen LogP contribution is 2.37. The quantitative estimate of drug-likeness (QED) is 0.540. The fourth-order valence-electron chi connectivity index (χ4n) is 2.18. The first kappa shape index (κ1) is 8.58. The van der Waals surface area contributed by atoms with Crippen molar-refractivity contribution in [3.8, 4) is 0 Å². The fraction of sp³-hybridized carbons (Fsp3) is 0.636. The molecular formula is C11H18. The van der Waals surface area contributed by atoms with Crippen LogP contribution in [0.3, 0.4) is 0 Å². The third-order valence-corrected chi connectivity index (χ3v) is 2.76. The first-order valence-corrected chi connectivity index (χ1v) is 4.52. The molecule has 0 nitrogen and oxygen atoms in total. The number of rotatable bonds is 3. The van der Waals surface area contributed by atoms with Crippen molar-refractivity contribution in [2.24, 2.45) is 11.8 Å². The summed E-state index contributed by atoms with van der Waals surface area (Å²) in [5, 5.41) is 0. The summed E-state index contributed by atoms with van der Waals surface area (Å²) < 4.78 is 0. The summed E-state index contributed by atoms with van der Waals surface area (Å²) in [6, 6.07) is 0. The van der Waals surface area contributed by atoms with Crippen LogP contribution in [0, 0.1) is 11.8 Å². The smallest absolute Gasteiger partial charge is 0.0177 e. The van der Waals surface area contributed by atoms with E-state index in [0.29, 0.717) is 0 Å². The van der Waals surface area contributed by atoms with Gasteiger partial charge < -0.3 is 0 Å². The van der Waals surface area contributed by atoms with E-state index in [4.69, 9.17) is 0 Å². The van der Waals surface area contributed by atoms with Gasteiger partial charge in [-0.15, -0.1) is 6.58 Å². The molecule has 0 saturated heterocycles. The van der Waals surface area contributed by atoms with Gasteiger partial charge in [0.25, 0.3) is 0 Å². The molecule has 11 heavy (non-hydrogen) atoms. The summed E-state index contributed by atoms with van der Waals surface area (Å²) in [6.07, 6.45) is 7.34. The van der Waals surface area contributed by atoms with E-state index in [0.717, 1.165) is 11.8 Å². The van der Waals surface area contributed by atoms with Crippen molar-refractivity contribution in [1.82, 2.24) is 0 Å². The van der Waals surface area contributed by atoms with Crippen LogP contribution in [0.1, 0.15) is 32.6 Å².